The molecule has 1 aliphatic carbocycles. The van der Waals surface area contributed by atoms with Gasteiger partial charge in [-0.3, -0.25) is 14.4 Å². The van der Waals surface area contributed by atoms with Crippen LogP contribution in [-0.2, 0) is 19.2 Å². The van der Waals surface area contributed by atoms with E-state index in [0.29, 0.717) is 5.75 Å². The molecule has 0 radical (unpaired) electrons. The second-order valence-electron chi connectivity index (χ2n) is 7.53. The molecule has 4 rings (SSSR count). The van der Waals surface area contributed by atoms with E-state index in [1.165, 1.54) is 16.7 Å². The smallest absolute Gasteiger partial charge is 0.312 e. The van der Waals surface area contributed by atoms with E-state index in [1.54, 1.807) is 6.92 Å². The van der Waals surface area contributed by atoms with Gasteiger partial charge >= 0.3 is 5.97 Å². The van der Waals surface area contributed by atoms with Crippen LogP contribution < -0.4 is 11.1 Å². The third kappa shape index (κ3) is 3.74. The fraction of sp³-hybridized carbons (Fsp3) is 0.529. The number of allylic oxidation sites excluding steroid dienone is 1. The van der Waals surface area contributed by atoms with Gasteiger partial charge in [0, 0.05) is 23.8 Å². The fourth-order valence-electron chi connectivity index (χ4n) is 3.37. The number of rotatable bonds is 6. The molecule has 0 bridgehead atoms. The molecule has 3 aliphatic rings. The number of hydrogen-bond acceptors (Lipinski definition) is 10. The van der Waals surface area contributed by atoms with E-state index in [9.17, 15) is 19.5 Å². The second kappa shape index (κ2) is 7.87. The van der Waals surface area contributed by atoms with Crippen LogP contribution in [0.4, 0.5) is 5.13 Å². The highest BCUT2D eigenvalue weighted by Crippen LogP contribution is 2.41. The summed E-state index contributed by atoms with van der Waals surface area (Å²) in [5, 5.41) is 15.8. The molecule has 4 N–H and O–H groups in total. The molecule has 13 heteroatoms. The van der Waals surface area contributed by atoms with Crippen molar-refractivity contribution >= 4 is 51.9 Å². The lowest BCUT2D eigenvalue weighted by molar-refractivity contribution is -0.157. The molecule has 2 fully saturated rings. The normalized spacial score (nSPS) is 30.6. The Morgan fingerprint density at radius 2 is 2.30 bits per heavy atom. The van der Waals surface area contributed by atoms with Gasteiger partial charge < -0.3 is 25.9 Å². The number of nitrogens with two attached hydrogens (primary N) is 1. The molecule has 1 aromatic heterocycles. The molecule has 3 heterocycles. The van der Waals surface area contributed by atoms with E-state index in [0.717, 1.165) is 24.4 Å². The van der Waals surface area contributed by atoms with Crippen molar-refractivity contribution in [3.05, 3.63) is 18.0 Å². The van der Waals surface area contributed by atoms with E-state index < -0.39 is 23.3 Å². The lowest BCUT2D eigenvalue weighted by Gasteiger charge is -2.53. The first kappa shape index (κ1) is 20.6. The minimum Gasteiger partial charge on any atom is -0.481 e. The van der Waals surface area contributed by atoms with E-state index in [1.807, 2.05) is 12.2 Å². The Balaban J connectivity index is 1.47. The fourth-order valence-corrected chi connectivity index (χ4v) is 5.29. The van der Waals surface area contributed by atoms with Crippen LogP contribution in [0.1, 0.15) is 25.6 Å². The van der Waals surface area contributed by atoms with Gasteiger partial charge in [0.2, 0.25) is 17.4 Å². The molecule has 2 aliphatic heterocycles. The van der Waals surface area contributed by atoms with Crippen molar-refractivity contribution in [1.82, 2.24) is 19.6 Å². The Hall–Kier alpha value is -2.67. The number of β-lactam (4-membered cyclic amide) rings is 1. The molecule has 0 saturated carbocycles. The van der Waals surface area contributed by atoms with Crippen molar-refractivity contribution in [1.29, 1.82) is 0 Å². The zero-order valence-electron chi connectivity index (χ0n) is 16.0. The number of carbonyl (C=O) groups is 3. The first-order valence-electron chi connectivity index (χ1n) is 9.25. The molecule has 160 valence electrons. The van der Waals surface area contributed by atoms with Crippen LogP contribution in [0, 0.1) is 5.41 Å². The van der Waals surface area contributed by atoms with Crippen molar-refractivity contribution in [2.75, 3.05) is 18.0 Å². The molecule has 2 saturated heterocycles. The van der Waals surface area contributed by atoms with Gasteiger partial charge in [0.1, 0.15) is 17.5 Å². The molecule has 4 atom stereocenters. The predicted octanol–water partition coefficient (Wildman–Crippen LogP) is 0.0504. The van der Waals surface area contributed by atoms with Crippen molar-refractivity contribution in [2.45, 2.75) is 37.3 Å². The summed E-state index contributed by atoms with van der Waals surface area (Å²) in [6, 6.07) is -0.784. The number of oxime groups is 1. The Morgan fingerprint density at radius 1 is 1.50 bits per heavy atom. The van der Waals surface area contributed by atoms with Gasteiger partial charge in [-0.1, -0.05) is 11.2 Å². The highest BCUT2D eigenvalue weighted by molar-refractivity contribution is 8.00. The maximum Gasteiger partial charge on any atom is 0.312 e. The molecule has 3 unspecified atom stereocenters. The van der Waals surface area contributed by atoms with E-state index in [-0.39, 0.29) is 40.6 Å². The average molecular weight is 453 g/mol. The van der Waals surface area contributed by atoms with Gasteiger partial charge in [-0.25, -0.2) is 0 Å². The number of fused-ring (bicyclic) bond motifs is 1. The average Bonchev–Trinajstić information content (AvgIpc) is 3.38. The van der Waals surface area contributed by atoms with Crippen LogP contribution in [0.3, 0.4) is 0 Å². The van der Waals surface area contributed by atoms with E-state index in [4.69, 9.17) is 10.6 Å². The number of anilines is 1. The molecular formula is C17H20N6O5S2. The number of nitrogens with zero attached hydrogens (tertiary/aromatic N) is 4. The number of carboxylic acid groups (broad SMARTS) is 1. The van der Waals surface area contributed by atoms with Crippen LogP contribution in [-0.4, -0.2) is 72.7 Å². The van der Waals surface area contributed by atoms with Crippen molar-refractivity contribution in [3.8, 4) is 0 Å². The number of hydrogen-bond donors (Lipinski definition) is 3. The quantitative estimate of drug-likeness (QED) is 0.234. The summed E-state index contributed by atoms with van der Waals surface area (Å²) in [5.74, 6) is -1.58. The topological polar surface area (TPSA) is 160 Å². The summed E-state index contributed by atoms with van der Waals surface area (Å²) in [5.41, 5.74) is 4.45. The summed E-state index contributed by atoms with van der Waals surface area (Å²) in [4.78, 5) is 47.8. The van der Waals surface area contributed by atoms with Crippen LogP contribution >= 0.6 is 23.3 Å². The summed E-state index contributed by atoms with van der Waals surface area (Å²) in [6.07, 6.45) is 5.19. The SMILES string of the molecule is CC1(C(=O)O)CS[C@@H]2C(NC(=O)C(=NOC3C=CCC3)c3nsc(N)n3)C(=O)N2C1. The maximum atomic E-state index is 12.9. The van der Waals surface area contributed by atoms with Crippen molar-refractivity contribution < 1.29 is 24.3 Å². The minimum atomic E-state index is -1.01. The Labute approximate surface area is 179 Å². The van der Waals surface area contributed by atoms with Crippen molar-refractivity contribution in [2.24, 2.45) is 10.6 Å². The second-order valence-corrected chi connectivity index (χ2v) is 9.42. The van der Waals surface area contributed by atoms with Crippen LogP contribution in [0.25, 0.3) is 0 Å². The molecule has 0 aromatic carbocycles. The number of aliphatic carboxylic acids is 1. The number of amides is 2. The van der Waals surface area contributed by atoms with Gasteiger partial charge in [-0.15, -0.1) is 11.8 Å². The predicted molar refractivity (Wildman–Crippen MR) is 110 cm³/mol. The van der Waals surface area contributed by atoms with Gasteiger partial charge in [-0.2, -0.15) is 9.36 Å². The first-order valence-corrected chi connectivity index (χ1v) is 11.1. The lowest BCUT2D eigenvalue weighted by Crippen LogP contribution is -2.73. The number of thioether (sulfide) groups is 1. The van der Waals surface area contributed by atoms with Gasteiger partial charge in [-0.05, 0) is 25.8 Å². The van der Waals surface area contributed by atoms with Crippen LogP contribution in [0.5, 0.6) is 0 Å². The summed E-state index contributed by atoms with van der Waals surface area (Å²) in [7, 11) is 0. The third-order valence-corrected chi connectivity index (χ3v) is 7.37. The maximum absolute atomic E-state index is 12.9. The number of carbonyl (C=O) groups excluding carboxylic acids is 2. The zero-order chi connectivity index (χ0) is 21.5. The van der Waals surface area contributed by atoms with Gasteiger partial charge in [0.25, 0.3) is 5.91 Å². The first-order chi connectivity index (χ1) is 14.3. The molecule has 2 amide bonds. The van der Waals surface area contributed by atoms with E-state index >= 15 is 0 Å². The Morgan fingerprint density at radius 3 is 2.93 bits per heavy atom. The Bertz CT molecular complexity index is 949. The molecular weight excluding hydrogens is 432 g/mol. The molecule has 30 heavy (non-hydrogen) atoms. The van der Waals surface area contributed by atoms with Crippen LogP contribution in [0.15, 0.2) is 17.3 Å². The number of nitrogens with one attached hydrogen (secondary N) is 1. The largest absolute Gasteiger partial charge is 0.481 e. The highest BCUT2D eigenvalue weighted by Gasteiger charge is 2.56. The zero-order valence-corrected chi connectivity index (χ0v) is 17.6. The summed E-state index contributed by atoms with van der Waals surface area (Å²) >= 11 is 2.25. The standard InChI is InChI=1S/C17H20N6O5S2/c1-17(15(26)27)6-23-13(25)10(14(23)29-7-17)19-12(24)9(11-20-16(18)30-22-11)21-28-8-4-2-3-5-8/h2,4,8,10,14H,3,5-7H2,1H3,(H,19,24)(H,26,27)(H2,18,20,22)/t8?,10?,14-,17?/m1/s1. The number of aromatic nitrogens is 2. The minimum absolute atomic E-state index is 0.0235. The van der Waals surface area contributed by atoms with Crippen molar-refractivity contribution in [3.63, 3.8) is 0 Å². The molecule has 1 aromatic rings. The lowest BCUT2D eigenvalue weighted by atomic mass is 9.89. The monoisotopic (exact) mass is 452 g/mol. The molecule has 0 spiro atoms. The number of carboxylic acids is 1. The van der Waals surface area contributed by atoms with Crippen LogP contribution in [0.2, 0.25) is 0 Å². The van der Waals surface area contributed by atoms with E-state index in [2.05, 4.69) is 19.8 Å². The summed E-state index contributed by atoms with van der Waals surface area (Å²) in [6.45, 7) is 1.71. The highest BCUT2D eigenvalue weighted by atomic mass is 32.2. The number of nitrogen functional groups attached to an aromatic ring is 1. The summed E-state index contributed by atoms with van der Waals surface area (Å²) < 4.78 is 4.02. The van der Waals surface area contributed by atoms with Gasteiger partial charge in [0.15, 0.2) is 5.13 Å². The Kier molecular flexibility index (Phi) is 5.40. The third-order valence-electron chi connectivity index (χ3n) is 5.15. The molecule has 11 nitrogen and oxygen atoms in total. The van der Waals surface area contributed by atoms with Gasteiger partial charge in [0.05, 0.1) is 5.41 Å².